The maximum absolute atomic E-state index is 12.6. The highest BCUT2D eigenvalue weighted by Crippen LogP contribution is 2.67. The van der Waals surface area contributed by atoms with Crippen LogP contribution in [-0.2, 0) is 9.53 Å². The maximum Gasteiger partial charge on any atom is 0.306 e. The summed E-state index contributed by atoms with van der Waals surface area (Å²) in [5.41, 5.74) is 2.54. The van der Waals surface area contributed by atoms with Crippen LogP contribution < -0.4 is 0 Å². The molecule has 224 valence electrons. The van der Waals surface area contributed by atoms with Crippen LogP contribution in [0.2, 0.25) is 0 Å². The van der Waals surface area contributed by atoms with Crippen molar-refractivity contribution in [1.29, 1.82) is 0 Å². The number of esters is 1. The minimum Gasteiger partial charge on any atom is -0.462 e. The molecule has 2 heteroatoms. The Bertz CT molecular complexity index is 812. The number of carbonyl (C=O) groups is 1. The number of hydrogen-bond donors (Lipinski definition) is 0. The zero-order valence-corrected chi connectivity index (χ0v) is 26.9. The van der Waals surface area contributed by atoms with Crippen LogP contribution in [0.1, 0.15) is 164 Å². The van der Waals surface area contributed by atoms with Gasteiger partial charge in [0.25, 0.3) is 0 Å². The quantitative estimate of drug-likeness (QED) is 0.124. The van der Waals surface area contributed by atoms with Gasteiger partial charge in [-0.2, -0.15) is 0 Å². The molecule has 4 rings (SSSR count). The molecule has 0 bridgehead atoms. The highest BCUT2D eigenvalue weighted by Gasteiger charge is 2.59. The summed E-state index contributed by atoms with van der Waals surface area (Å²) in [6.45, 7) is 14.9. The third kappa shape index (κ3) is 7.17. The van der Waals surface area contributed by atoms with E-state index in [0.29, 0.717) is 17.3 Å². The third-order valence-electron chi connectivity index (χ3n) is 12.5. The second-order valence-corrected chi connectivity index (χ2v) is 15.5. The zero-order chi connectivity index (χ0) is 28.0. The molecule has 0 amide bonds. The first-order chi connectivity index (χ1) is 18.7. The average Bonchev–Trinajstić information content (AvgIpc) is 3.25. The van der Waals surface area contributed by atoms with Crippen LogP contribution in [0, 0.1) is 46.3 Å². The van der Waals surface area contributed by atoms with Gasteiger partial charge in [0.05, 0.1) is 0 Å². The molecule has 8 atom stereocenters. The summed E-state index contributed by atoms with van der Waals surface area (Å²) < 4.78 is 6.06. The summed E-state index contributed by atoms with van der Waals surface area (Å²) >= 11 is 0. The second-order valence-electron chi connectivity index (χ2n) is 15.5. The number of hydrogen-bond acceptors (Lipinski definition) is 2. The van der Waals surface area contributed by atoms with Gasteiger partial charge in [0.2, 0.25) is 0 Å². The smallest absolute Gasteiger partial charge is 0.306 e. The van der Waals surface area contributed by atoms with E-state index in [1.165, 1.54) is 96.3 Å². The number of unbranched alkanes of at least 4 members (excludes halogenated alkanes) is 6. The molecule has 3 saturated carbocycles. The summed E-state index contributed by atoms with van der Waals surface area (Å²) in [7, 11) is 0. The van der Waals surface area contributed by atoms with E-state index < -0.39 is 0 Å². The molecular weight excluding hydrogens is 476 g/mol. The van der Waals surface area contributed by atoms with Crippen molar-refractivity contribution in [2.75, 3.05) is 0 Å². The van der Waals surface area contributed by atoms with Crippen LogP contribution in [0.4, 0.5) is 0 Å². The molecule has 3 fully saturated rings. The van der Waals surface area contributed by atoms with E-state index in [1.807, 2.05) is 0 Å². The highest BCUT2D eigenvalue weighted by molar-refractivity contribution is 5.69. The van der Waals surface area contributed by atoms with Crippen LogP contribution in [0.3, 0.4) is 0 Å². The van der Waals surface area contributed by atoms with Gasteiger partial charge in [-0.15, -0.1) is 0 Å². The first-order valence-electron chi connectivity index (χ1n) is 17.6. The van der Waals surface area contributed by atoms with Gasteiger partial charge >= 0.3 is 5.97 Å². The molecule has 0 saturated heterocycles. The van der Waals surface area contributed by atoms with Crippen LogP contribution in [-0.4, -0.2) is 12.1 Å². The molecule has 0 aromatic carbocycles. The topological polar surface area (TPSA) is 26.3 Å². The van der Waals surface area contributed by atoms with Crippen LogP contribution in [0.5, 0.6) is 0 Å². The van der Waals surface area contributed by atoms with Crippen molar-refractivity contribution >= 4 is 5.97 Å². The van der Waals surface area contributed by atoms with Gasteiger partial charge in [-0.05, 0) is 97.7 Å². The summed E-state index contributed by atoms with van der Waals surface area (Å²) in [5, 5.41) is 0. The lowest BCUT2D eigenvalue weighted by Crippen LogP contribution is -2.51. The van der Waals surface area contributed by atoms with Crippen LogP contribution in [0.15, 0.2) is 11.6 Å². The fraction of sp³-hybridized carbons (Fsp3) is 0.919. The minimum absolute atomic E-state index is 0.0550. The third-order valence-corrected chi connectivity index (χ3v) is 12.5. The molecule has 2 nitrogen and oxygen atoms in total. The fourth-order valence-electron chi connectivity index (χ4n) is 10.2. The summed E-state index contributed by atoms with van der Waals surface area (Å²) in [4.78, 5) is 12.6. The van der Waals surface area contributed by atoms with Crippen molar-refractivity contribution in [3.63, 3.8) is 0 Å². The molecule has 0 heterocycles. The molecule has 0 aromatic rings. The lowest BCUT2D eigenvalue weighted by Gasteiger charge is -2.58. The molecular formula is C37H64O2. The molecule has 0 aromatic heterocycles. The van der Waals surface area contributed by atoms with Gasteiger partial charge in [-0.3, -0.25) is 4.79 Å². The standard InChI is InChI=1S/C37H64O2/c1-7-8-9-10-11-12-13-17-35(38)39-30-22-24-36(5)29(26-30)18-19-31-33-21-20-32(28(4)16-14-15-27(2)3)37(33,6)25-23-34(31)36/h18,27-28,30-34H,7-17,19-26H2,1-6H3/t28-,30+,31+,32?,33+,34+,36+,37-/m1/s1. The first-order valence-corrected chi connectivity index (χ1v) is 17.6. The Labute approximate surface area is 242 Å². The van der Waals surface area contributed by atoms with E-state index in [4.69, 9.17) is 4.74 Å². The Morgan fingerprint density at radius 3 is 2.38 bits per heavy atom. The van der Waals surface area contributed by atoms with Crippen molar-refractivity contribution < 1.29 is 9.53 Å². The lowest BCUT2D eigenvalue weighted by atomic mass is 9.47. The minimum atomic E-state index is 0.0550. The number of fused-ring (bicyclic) bond motifs is 5. The van der Waals surface area contributed by atoms with Crippen molar-refractivity contribution in [3.8, 4) is 0 Å². The fourth-order valence-corrected chi connectivity index (χ4v) is 10.2. The molecule has 4 aliphatic carbocycles. The van der Waals surface area contributed by atoms with Gasteiger partial charge < -0.3 is 4.74 Å². The van der Waals surface area contributed by atoms with Crippen molar-refractivity contribution in [2.24, 2.45) is 46.3 Å². The van der Waals surface area contributed by atoms with Gasteiger partial charge in [0, 0.05) is 12.8 Å². The summed E-state index contributed by atoms with van der Waals surface area (Å²) in [5.74, 6) is 5.34. The maximum atomic E-state index is 12.6. The predicted molar refractivity (Wildman–Crippen MR) is 166 cm³/mol. The molecule has 39 heavy (non-hydrogen) atoms. The monoisotopic (exact) mass is 540 g/mol. The summed E-state index contributed by atoms with van der Waals surface area (Å²) in [6, 6.07) is 0. The van der Waals surface area contributed by atoms with Crippen molar-refractivity contribution in [1.82, 2.24) is 0 Å². The van der Waals surface area contributed by atoms with Gasteiger partial charge in [-0.1, -0.05) is 111 Å². The molecule has 0 N–H and O–H groups in total. The van der Waals surface area contributed by atoms with E-state index in [-0.39, 0.29) is 12.1 Å². The number of allylic oxidation sites excluding steroid dienone is 1. The number of ether oxygens (including phenoxy) is 1. The Kier molecular flexibility index (Phi) is 11.1. The molecule has 0 spiro atoms. The second kappa shape index (κ2) is 13.9. The lowest BCUT2D eigenvalue weighted by molar-refractivity contribution is -0.151. The molecule has 0 radical (unpaired) electrons. The van der Waals surface area contributed by atoms with Gasteiger partial charge in [0.1, 0.15) is 6.10 Å². The van der Waals surface area contributed by atoms with E-state index in [2.05, 4.69) is 47.6 Å². The van der Waals surface area contributed by atoms with Crippen LogP contribution >= 0.6 is 0 Å². The molecule has 1 unspecified atom stereocenters. The molecule has 4 aliphatic rings. The van der Waals surface area contributed by atoms with Gasteiger partial charge in [-0.25, -0.2) is 0 Å². The molecule has 0 aliphatic heterocycles. The number of rotatable bonds is 14. The Morgan fingerprint density at radius 1 is 0.897 bits per heavy atom. The summed E-state index contributed by atoms with van der Waals surface area (Å²) in [6.07, 6.45) is 26.7. The average molecular weight is 541 g/mol. The van der Waals surface area contributed by atoms with Crippen molar-refractivity contribution in [2.45, 2.75) is 170 Å². The Balaban J connectivity index is 1.29. The normalized spacial score (nSPS) is 36.6. The Hall–Kier alpha value is -0.790. The van der Waals surface area contributed by atoms with E-state index in [0.717, 1.165) is 54.8 Å². The van der Waals surface area contributed by atoms with E-state index in [9.17, 15) is 4.79 Å². The first kappa shape index (κ1) is 31.2. The number of carbonyl (C=O) groups excluding carboxylic acids is 1. The van der Waals surface area contributed by atoms with E-state index >= 15 is 0 Å². The predicted octanol–water partition coefficient (Wildman–Crippen LogP) is 11.1. The van der Waals surface area contributed by atoms with E-state index in [1.54, 1.807) is 5.57 Å². The SMILES string of the molecule is CCCCCCCCCC(=O)O[C@H]1CC[C@@]2(C)C(=CC[C@@H]3[C@@H]2CC[C@]2(C)C([C@H](C)CCCC(C)C)CC[C@@H]32)C1. The van der Waals surface area contributed by atoms with Crippen LogP contribution in [0.25, 0.3) is 0 Å². The zero-order valence-electron chi connectivity index (χ0n) is 26.9. The van der Waals surface area contributed by atoms with Gasteiger partial charge in [0.15, 0.2) is 0 Å². The highest BCUT2D eigenvalue weighted by atomic mass is 16.5. The Morgan fingerprint density at radius 2 is 1.64 bits per heavy atom. The van der Waals surface area contributed by atoms with Crippen molar-refractivity contribution in [3.05, 3.63) is 11.6 Å². The largest absolute Gasteiger partial charge is 0.462 e.